The zero-order chi connectivity index (χ0) is 29.4. The third-order valence-electron chi connectivity index (χ3n) is 5.90. The van der Waals surface area contributed by atoms with Crippen molar-refractivity contribution in [3.8, 4) is 0 Å². The van der Waals surface area contributed by atoms with E-state index in [1.165, 1.54) is 6.07 Å². The highest BCUT2D eigenvalue weighted by molar-refractivity contribution is 6.40. The van der Waals surface area contributed by atoms with Gasteiger partial charge in [0.2, 0.25) is 0 Å². The van der Waals surface area contributed by atoms with E-state index >= 15 is 0 Å². The van der Waals surface area contributed by atoms with Gasteiger partial charge in [0.25, 0.3) is 11.8 Å². The van der Waals surface area contributed by atoms with E-state index in [1.54, 1.807) is 84.9 Å². The highest BCUT2D eigenvalue weighted by Gasteiger charge is 2.22. The molecule has 4 aromatic carbocycles. The van der Waals surface area contributed by atoms with Crippen molar-refractivity contribution in [1.82, 2.24) is 5.32 Å². The van der Waals surface area contributed by atoms with Gasteiger partial charge in [-0.3, -0.25) is 9.59 Å². The fourth-order valence-corrected chi connectivity index (χ4v) is 4.46. The van der Waals surface area contributed by atoms with Gasteiger partial charge >= 0.3 is 12.0 Å². The van der Waals surface area contributed by atoms with E-state index in [-0.39, 0.29) is 33.3 Å². The van der Waals surface area contributed by atoms with Crippen LogP contribution in [0.1, 0.15) is 26.3 Å². The number of aliphatic carboxylic acids is 1. The van der Waals surface area contributed by atoms with Crippen molar-refractivity contribution in [2.45, 2.75) is 12.5 Å². The molecular formula is C30H24Cl2N4O5. The number of carbonyl (C=O) groups excluding carboxylic acids is 3. The van der Waals surface area contributed by atoms with Crippen molar-refractivity contribution in [2.24, 2.45) is 0 Å². The molecule has 0 spiro atoms. The van der Waals surface area contributed by atoms with Crippen molar-refractivity contribution in [3.05, 3.63) is 124 Å². The van der Waals surface area contributed by atoms with E-state index in [1.807, 2.05) is 6.07 Å². The summed E-state index contributed by atoms with van der Waals surface area (Å²) < 4.78 is 0. The molecule has 0 aliphatic heterocycles. The van der Waals surface area contributed by atoms with Gasteiger partial charge in [0.15, 0.2) is 0 Å². The number of anilines is 3. The standard InChI is InChI=1S/C30H24Cl2N4O5/c31-22-10-6-11-23(32)26(22)28(38)34-20-15-13-18(14-16-20)17-25(29(39)40)36-30(41)35-24-12-5-4-9-21(24)27(37)33-19-7-2-1-3-8-19/h1-16,25H,17H2,(H,33,37)(H,34,38)(H,39,40)(H2,35,36,41)/t25-/m0/s1. The molecule has 0 saturated heterocycles. The number of carboxylic acids is 1. The number of amides is 4. The molecule has 4 aromatic rings. The van der Waals surface area contributed by atoms with Crippen LogP contribution in [0.15, 0.2) is 97.1 Å². The van der Waals surface area contributed by atoms with Crippen molar-refractivity contribution < 1.29 is 24.3 Å². The summed E-state index contributed by atoms with van der Waals surface area (Å²) in [6.45, 7) is 0. The van der Waals surface area contributed by atoms with Crippen molar-refractivity contribution in [3.63, 3.8) is 0 Å². The lowest BCUT2D eigenvalue weighted by Crippen LogP contribution is -2.44. The molecule has 0 bridgehead atoms. The Bertz CT molecular complexity index is 1560. The molecule has 0 saturated carbocycles. The van der Waals surface area contributed by atoms with Gasteiger partial charge in [-0.25, -0.2) is 9.59 Å². The molecule has 11 heteroatoms. The van der Waals surface area contributed by atoms with Gasteiger partial charge in [-0.05, 0) is 54.1 Å². The first-order valence-electron chi connectivity index (χ1n) is 12.3. The number of nitrogens with one attached hydrogen (secondary N) is 4. The Hall–Kier alpha value is -4.86. The Morgan fingerprint density at radius 1 is 0.659 bits per heavy atom. The lowest BCUT2D eigenvalue weighted by Gasteiger charge is -2.17. The summed E-state index contributed by atoms with van der Waals surface area (Å²) in [6.07, 6.45) is -0.0382. The number of carbonyl (C=O) groups is 4. The molecular weight excluding hydrogens is 567 g/mol. The quantitative estimate of drug-likeness (QED) is 0.155. The van der Waals surface area contributed by atoms with Crippen LogP contribution < -0.4 is 21.3 Å². The SMILES string of the molecule is O=C(Nc1ccccc1C(=O)Nc1ccccc1)N[C@@H](Cc1ccc(NC(=O)c2c(Cl)cccc2Cl)cc1)C(=O)O. The van der Waals surface area contributed by atoms with Crippen LogP contribution in [0.25, 0.3) is 0 Å². The molecule has 9 nitrogen and oxygen atoms in total. The van der Waals surface area contributed by atoms with E-state index in [4.69, 9.17) is 23.2 Å². The van der Waals surface area contributed by atoms with Crippen LogP contribution in [-0.2, 0) is 11.2 Å². The van der Waals surface area contributed by atoms with E-state index in [9.17, 15) is 24.3 Å². The molecule has 0 aliphatic carbocycles. The van der Waals surface area contributed by atoms with Gasteiger partial charge in [0, 0.05) is 17.8 Å². The molecule has 0 unspecified atom stereocenters. The Morgan fingerprint density at radius 2 is 1.24 bits per heavy atom. The third kappa shape index (κ3) is 7.84. The zero-order valence-corrected chi connectivity index (χ0v) is 22.9. The fourth-order valence-electron chi connectivity index (χ4n) is 3.89. The summed E-state index contributed by atoms with van der Waals surface area (Å²) in [5.74, 6) is -2.18. The first-order chi connectivity index (χ1) is 19.7. The monoisotopic (exact) mass is 590 g/mol. The zero-order valence-electron chi connectivity index (χ0n) is 21.4. The van der Waals surface area contributed by atoms with Crippen LogP contribution in [0.4, 0.5) is 21.9 Å². The average molecular weight is 591 g/mol. The summed E-state index contributed by atoms with van der Waals surface area (Å²) in [5, 5.41) is 20.6. The number of urea groups is 1. The Morgan fingerprint density at radius 3 is 1.90 bits per heavy atom. The van der Waals surface area contributed by atoms with Crippen molar-refractivity contribution in [1.29, 1.82) is 0 Å². The van der Waals surface area contributed by atoms with Crippen molar-refractivity contribution >= 4 is 64.1 Å². The highest BCUT2D eigenvalue weighted by atomic mass is 35.5. The van der Waals surface area contributed by atoms with Crippen LogP contribution in [0.2, 0.25) is 10.0 Å². The minimum Gasteiger partial charge on any atom is -0.480 e. The normalized spacial score (nSPS) is 11.2. The summed E-state index contributed by atoms with van der Waals surface area (Å²) in [5.41, 5.74) is 2.17. The molecule has 0 fully saturated rings. The number of hydrogen-bond acceptors (Lipinski definition) is 4. The first kappa shape index (κ1) is 29.1. The third-order valence-corrected chi connectivity index (χ3v) is 6.53. The maximum atomic E-state index is 12.8. The minimum absolute atomic E-state index is 0.0382. The molecule has 0 heterocycles. The molecule has 0 radical (unpaired) electrons. The van der Waals surface area contributed by atoms with Gasteiger partial charge in [-0.15, -0.1) is 0 Å². The summed E-state index contributed by atoms with van der Waals surface area (Å²) in [7, 11) is 0. The van der Waals surface area contributed by atoms with Gasteiger partial charge in [0.1, 0.15) is 6.04 Å². The van der Waals surface area contributed by atoms with Crippen LogP contribution >= 0.6 is 23.2 Å². The highest BCUT2D eigenvalue weighted by Crippen LogP contribution is 2.25. The average Bonchev–Trinajstić information content (AvgIpc) is 2.94. The topological polar surface area (TPSA) is 137 Å². The number of halogens is 2. The van der Waals surface area contributed by atoms with Gasteiger partial charge in [-0.1, -0.05) is 71.7 Å². The molecule has 4 amide bonds. The largest absolute Gasteiger partial charge is 0.480 e. The predicted octanol–water partition coefficient (Wildman–Crippen LogP) is 6.32. The Kier molecular flexibility index (Phi) is 9.57. The van der Waals surface area contributed by atoms with Gasteiger partial charge < -0.3 is 26.4 Å². The lowest BCUT2D eigenvalue weighted by molar-refractivity contribution is -0.139. The van der Waals surface area contributed by atoms with Crippen LogP contribution in [0, 0.1) is 0 Å². The fraction of sp³-hybridized carbons (Fsp3) is 0.0667. The first-order valence-corrected chi connectivity index (χ1v) is 13.1. The summed E-state index contributed by atoms with van der Waals surface area (Å²) in [4.78, 5) is 50.0. The summed E-state index contributed by atoms with van der Waals surface area (Å²) in [6, 6.07) is 24.3. The van der Waals surface area contributed by atoms with E-state index in [0.717, 1.165) is 0 Å². The second-order valence-corrected chi connectivity index (χ2v) is 9.62. The van der Waals surface area contributed by atoms with Crippen LogP contribution in [0.3, 0.4) is 0 Å². The van der Waals surface area contributed by atoms with Gasteiger partial charge in [0.05, 0.1) is 26.9 Å². The number of benzene rings is 4. The Balaban J connectivity index is 1.38. The number of carboxylic acid groups (broad SMARTS) is 1. The maximum Gasteiger partial charge on any atom is 0.326 e. The molecule has 4 rings (SSSR count). The lowest BCUT2D eigenvalue weighted by atomic mass is 10.1. The second-order valence-electron chi connectivity index (χ2n) is 8.81. The second kappa shape index (κ2) is 13.5. The number of para-hydroxylation sites is 2. The number of hydrogen-bond donors (Lipinski definition) is 5. The van der Waals surface area contributed by atoms with Crippen molar-refractivity contribution in [2.75, 3.05) is 16.0 Å². The number of rotatable bonds is 9. The van der Waals surface area contributed by atoms with E-state index in [2.05, 4.69) is 21.3 Å². The van der Waals surface area contributed by atoms with E-state index in [0.29, 0.717) is 16.9 Å². The maximum absolute atomic E-state index is 12.8. The van der Waals surface area contributed by atoms with Crippen LogP contribution in [0.5, 0.6) is 0 Å². The Labute approximate surface area is 245 Å². The molecule has 0 aliphatic rings. The van der Waals surface area contributed by atoms with Crippen LogP contribution in [-0.4, -0.2) is 35.0 Å². The molecule has 1 atom stereocenters. The summed E-state index contributed by atoms with van der Waals surface area (Å²) >= 11 is 12.2. The van der Waals surface area contributed by atoms with Gasteiger partial charge in [-0.2, -0.15) is 0 Å². The predicted molar refractivity (Wildman–Crippen MR) is 159 cm³/mol. The smallest absolute Gasteiger partial charge is 0.326 e. The molecule has 208 valence electrons. The molecule has 5 N–H and O–H groups in total. The molecule has 41 heavy (non-hydrogen) atoms. The van der Waals surface area contributed by atoms with E-state index < -0.39 is 29.9 Å². The minimum atomic E-state index is -1.28. The molecule has 0 aromatic heterocycles.